The predicted octanol–water partition coefficient (Wildman–Crippen LogP) is 4.71. The van der Waals surface area contributed by atoms with Crippen LogP contribution in [-0.2, 0) is 0 Å². The Labute approximate surface area is 158 Å². The molecule has 0 unspecified atom stereocenters. The van der Waals surface area contributed by atoms with Gasteiger partial charge in [0.2, 0.25) is 0 Å². The second kappa shape index (κ2) is 8.45. The fourth-order valence-electron chi connectivity index (χ4n) is 3.00. The maximum absolute atomic E-state index is 13.1. The number of amides is 2. The molecule has 0 saturated carbocycles. The lowest BCUT2D eigenvalue weighted by Gasteiger charge is -2.29. The lowest BCUT2D eigenvalue weighted by atomic mass is 10.0. The summed E-state index contributed by atoms with van der Waals surface area (Å²) in [7, 11) is 1.75. The van der Waals surface area contributed by atoms with Crippen LogP contribution < -0.4 is 5.32 Å². The molecule has 1 heterocycles. The van der Waals surface area contributed by atoms with E-state index in [1.165, 1.54) is 12.1 Å². The number of rotatable bonds is 5. The maximum Gasteiger partial charge on any atom is 0.318 e. The molecule has 4 nitrogen and oxygen atoms in total. The highest BCUT2D eigenvalue weighted by Crippen LogP contribution is 2.26. The van der Waals surface area contributed by atoms with E-state index >= 15 is 0 Å². The van der Waals surface area contributed by atoms with Gasteiger partial charge in [-0.3, -0.25) is 4.98 Å². The quantitative estimate of drug-likeness (QED) is 0.713. The van der Waals surface area contributed by atoms with Crippen molar-refractivity contribution in [2.45, 2.75) is 19.0 Å². The fourth-order valence-corrected chi connectivity index (χ4v) is 3.00. The summed E-state index contributed by atoms with van der Waals surface area (Å²) in [6.07, 6.45) is 1.72. The number of carbonyl (C=O) groups excluding carboxylic acids is 1. The van der Waals surface area contributed by atoms with Crippen molar-refractivity contribution in [2.24, 2.45) is 0 Å². The van der Waals surface area contributed by atoms with E-state index in [2.05, 4.69) is 10.3 Å². The van der Waals surface area contributed by atoms with Crippen LogP contribution in [0.3, 0.4) is 0 Å². The predicted molar refractivity (Wildman–Crippen MR) is 104 cm³/mol. The summed E-state index contributed by atoms with van der Waals surface area (Å²) in [4.78, 5) is 19.0. The Bertz CT molecular complexity index is 830. The second-order valence-electron chi connectivity index (χ2n) is 6.40. The zero-order valence-corrected chi connectivity index (χ0v) is 15.3. The molecule has 2 aromatic carbocycles. The number of halogens is 1. The second-order valence-corrected chi connectivity index (χ2v) is 6.40. The lowest BCUT2D eigenvalue weighted by molar-refractivity contribution is 0.194. The number of nitrogens with one attached hydrogen (secondary N) is 1. The average molecular weight is 363 g/mol. The molecule has 27 heavy (non-hydrogen) atoms. The van der Waals surface area contributed by atoms with Crippen LogP contribution in [0.4, 0.5) is 9.18 Å². The molecule has 0 radical (unpaired) electrons. The van der Waals surface area contributed by atoms with Crippen molar-refractivity contribution in [2.75, 3.05) is 7.05 Å². The van der Waals surface area contributed by atoms with Gasteiger partial charge in [-0.25, -0.2) is 9.18 Å². The van der Waals surface area contributed by atoms with E-state index in [4.69, 9.17) is 0 Å². The number of pyridine rings is 1. The number of hydrogen-bond acceptors (Lipinski definition) is 2. The number of benzene rings is 2. The van der Waals surface area contributed by atoms with E-state index in [-0.39, 0.29) is 23.9 Å². The SMILES string of the molecule is C[C@@H](NC(=O)N(C)[C@H](c1ccccc1)c1ccccn1)c1ccc(F)cc1. The summed E-state index contributed by atoms with van der Waals surface area (Å²) in [6, 6.07) is 20.8. The van der Waals surface area contributed by atoms with E-state index in [0.717, 1.165) is 16.8 Å². The molecule has 3 rings (SSSR count). The minimum absolute atomic E-state index is 0.230. The van der Waals surface area contributed by atoms with Crippen molar-refractivity contribution in [1.29, 1.82) is 0 Å². The van der Waals surface area contributed by atoms with Gasteiger partial charge >= 0.3 is 6.03 Å². The summed E-state index contributed by atoms with van der Waals surface area (Å²) in [5, 5.41) is 2.97. The minimum atomic E-state index is -0.312. The van der Waals surface area contributed by atoms with E-state index in [1.807, 2.05) is 55.5 Å². The first-order valence-electron chi connectivity index (χ1n) is 8.81. The number of nitrogens with zero attached hydrogens (tertiary/aromatic N) is 2. The van der Waals surface area contributed by atoms with Crippen LogP contribution in [0.15, 0.2) is 79.0 Å². The van der Waals surface area contributed by atoms with E-state index in [0.29, 0.717) is 0 Å². The van der Waals surface area contributed by atoms with Crippen molar-refractivity contribution >= 4 is 6.03 Å². The zero-order chi connectivity index (χ0) is 19.2. The van der Waals surface area contributed by atoms with Gasteiger partial charge in [0.05, 0.1) is 11.7 Å². The van der Waals surface area contributed by atoms with Crippen LogP contribution in [0.1, 0.15) is 35.8 Å². The Kier molecular flexibility index (Phi) is 5.81. The highest BCUT2D eigenvalue weighted by atomic mass is 19.1. The molecule has 0 saturated heterocycles. The average Bonchev–Trinajstić information content (AvgIpc) is 2.70. The Morgan fingerprint density at radius 2 is 1.63 bits per heavy atom. The normalized spacial score (nSPS) is 12.9. The highest BCUT2D eigenvalue weighted by molar-refractivity contribution is 5.75. The van der Waals surface area contributed by atoms with Gasteiger partial charge in [0.25, 0.3) is 0 Å². The third-order valence-corrected chi connectivity index (χ3v) is 4.50. The number of aromatic nitrogens is 1. The Morgan fingerprint density at radius 1 is 0.963 bits per heavy atom. The third-order valence-electron chi connectivity index (χ3n) is 4.50. The standard InChI is InChI=1S/C22H22FN3O/c1-16(17-11-13-19(23)14-12-17)25-22(27)26(2)21(18-8-4-3-5-9-18)20-10-6-7-15-24-20/h3-16,21H,1-2H3,(H,25,27)/t16-,21-/m1/s1. The van der Waals surface area contributed by atoms with Gasteiger partial charge in [-0.05, 0) is 42.3 Å². The van der Waals surface area contributed by atoms with Gasteiger partial charge in [-0.1, -0.05) is 48.5 Å². The first-order valence-corrected chi connectivity index (χ1v) is 8.81. The Balaban J connectivity index is 1.82. The molecular weight excluding hydrogens is 341 g/mol. The molecule has 2 amide bonds. The smallest absolute Gasteiger partial charge is 0.318 e. The number of urea groups is 1. The van der Waals surface area contributed by atoms with Crippen LogP contribution in [0.2, 0.25) is 0 Å². The van der Waals surface area contributed by atoms with Gasteiger partial charge in [-0.2, -0.15) is 0 Å². The van der Waals surface area contributed by atoms with Crippen molar-refractivity contribution < 1.29 is 9.18 Å². The molecule has 0 spiro atoms. The summed E-state index contributed by atoms with van der Waals surface area (Å²) >= 11 is 0. The van der Waals surface area contributed by atoms with Crippen molar-refractivity contribution in [3.8, 4) is 0 Å². The Morgan fingerprint density at radius 3 is 2.26 bits per heavy atom. The van der Waals surface area contributed by atoms with Crippen LogP contribution in [0.25, 0.3) is 0 Å². The molecular formula is C22H22FN3O. The van der Waals surface area contributed by atoms with Crippen LogP contribution >= 0.6 is 0 Å². The first-order chi connectivity index (χ1) is 13.1. The topological polar surface area (TPSA) is 45.2 Å². The van der Waals surface area contributed by atoms with Gasteiger partial charge in [-0.15, -0.1) is 0 Å². The number of carbonyl (C=O) groups is 1. The van der Waals surface area contributed by atoms with E-state index < -0.39 is 0 Å². The summed E-state index contributed by atoms with van der Waals surface area (Å²) in [6.45, 7) is 1.87. The van der Waals surface area contributed by atoms with Gasteiger partial charge in [0.1, 0.15) is 11.9 Å². The lowest BCUT2D eigenvalue weighted by Crippen LogP contribution is -2.41. The molecule has 0 aliphatic carbocycles. The highest BCUT2D eigenvalue weighted by Gasteiger charge is 2.25. The van der Waals surface area contributed by atoms with E-state index in [9.17, 15) is 9.18 Å². The molecule has 0 aliphatic heterocycles. The van der Waals surface area contributed by atoms with Gasteiger partial charge in [0, 0.05) is 13.2 Å². The molecule has 3 aromatic rings. The summed E-state index contributed by atoms with van der Waals surface area (Å²) in [5.74, 6) is -0.298. The van der Waals surface area contributed by atoms with Crippen LogP contribution in [0, 0.1) is 5.82 Å². The largest absolute Gasteiger partial charge is 0.331 e. The van der Waals surface area contributed by atoms with Crippen LogP contribution in [0.5, 0.6) is 0 Å². The minimum Gasteiger partial charge on any atom is -0.331 e. The van der Waals surface area contributed by atoms with Crippen molar-refractivity contribution in [3.63, 3.8) is 0 Å². The first kappa shape index (κ1) is 18.6. The fraction of sp³-hybridized carbons (Fsp3) is 0.182. The van der Waals surface area contributed by atoms with E-state index in [1.54, 1.807) is 30.3 Å². The van der Waals surface area contributed by atoms with Crippen molar-refractivity contribution in [1.82, 2.24) is 15.2 Å². The molecule has 2 atom stereocenters. The molecule has 1 aromatic heterocycles. The molecule has 0 aliphatic rings. The van der Waals surface area contributed by atoms with Crippen LogP contribution in [-0.4, -0.2) is 23.0 Å². The Hall–Kier alpha value is -3.21. The molecule has 1 N–H and O–H groups in total. The third kappa shape index (κ3) is 4.50. The van der Waals surface area contributed by atoms with Crippen molar-refractivity contribution in [3.05, 3.63) is 102 Å². The molecule has 138 valence electrons. The number of hydrogen-bond donors (Lipinski definition) is 1. The van der Waals surface area contributed by atoms with Gasteiger partial charge < -0.3 is 10.2 Å². The summed E-state index contributed by atoms with van der Waals surface area (Å²) < 4.78 is 13.1. The molecule has 0 fully saturated rings. The molecule has 5 heteroatoms. The van der Waals surface area contributed by atoms with Gasteiger partial charge in [0.15, 0.2) is 0 Å². The summed E-state index contributed by atoms with van der Waals surface area (Å²) in [5.41, 5.74) is 2.60. The molecule has 0 bridgehead atoms. The monoisotopic (exact) mass is 363 g/mol. The zero-order valence-electron chi connectivity index (χ0n) is 15.3. The maximum atomic E-state index is 13.1.